The molecule has 0 bridgehead atoms. The summed E-state index contributed by atoms with van der Waals surface area (Å²) in [6, 6.07) is 1.83. The smallest absolute Gasteiger partial charge is 0.264 e. The van der Waals surface area contributed by atoms with Crippen LogP contribution >= 0.6 is 15.9 Å². The van der Waals surface area contributed by atoms with Gasteiger partial charge in [0, 0.05) is 17.1 Å². The van der Waals surface area contributed by atoms with Crippen molar-refractivity contribution in [2.24, 2.45) is 5.92 Å². The minimum Gasteiger partial charge on any atom is -0.482 e. The summed E-state index contributed by atoms with van der Waals surface area (Å²) in [5, 5.41) is 3.90. The van der Waals surface area contributed by atoms with Crippen molar-refractivity contribution in [3.05, 3.63) is 34.6 Å². The molecule has 2 heterocycles. The minimum absolute atomic E-state index is 0.253. The number of pyridine rings is 1. The maximum absolute atomic E-state index is 5.50. The lowest BCUT2D eigenvalue weighted by atomic mass is 10.1. The molecule has 0 radical (unpaired) electrons. The normalized spacial score (nSPS) is 10.9. The first-order chi connectivity index (χ1) is 8.63. The third kappa shape index (κ3) is 3.80. The van der Waals surface area contributed by atoms with Crippen molar-refractivity contribution in [3.8, 4) is 5.75 Å². The van der Waals surface area contributed by atoms with Gasteiger partial charge in [0.15, 0.2) is 12.4 Å². The van der Waals surface area contributed by atoms with E-state index in [4.69, 9.17) is 9.26 Å². The van der Waals surface area contributed by atoms with Crippen LogP contribution in [0.3, 0.4) is 0 Å². The van der Waals surface area contributed by atoms with Crippen molar-refractivity contribution in [3.63, 3.8) is 0 Å². The van der Waals surface area contributed by atoms with E-state index >= 15 is 0 Å². The molecule has 0 saturated heterocycles. The molecule has 0 aliphatic rings. The van der Waals surface area contributed by atoms with Gasteiger partial charge in [-0.1, -0.05) is 19.0 Å². The second-order valence-corrected chi connectivity index (χ2v) is 5.25. The highest BCUT2D eigenvalue weighted by molar-refractivity contribution is 9.10. The zero-order valence-corrected chi connectivity index (χ0v) is 11.8. The molecule has 0 aromatic carbocycles. The SMILES string of the molecule is CC(C)Cc1noc(COc2cncc(Br)c2)n1. The van der Waals surface area contributed by atoms with E-state index in [-0.39, 0.29) is 6.61 Å². The Morgan fingerprint density at radius 1 is 1.39 bits per heavy atom. The fourth-order valence-electron chi connectivity index (χ4n) is 1.41. The highest BCUT2D eigenvalue weighted by Gasteiger charge is 2.08. The van der Waals surface area contributed by atoms with Crippen LogP contribution in [0.15, 0.2) is 27.5 Å². The third-order valence-corrected chi connectivity index (χ3v) is 2.58. The molecule has 6 heteroatoms. The quantitative estimate of drug-likeness (QED) is 0.849. The monoisotopic (exact) mass is 311 g/mol. The average molecular weight is 312 g/mol. The molecule has 0 fully saturated rings. The molecule has 2 rings (SSSR count). The van der Waals surface area contributed by atoms with E-state index in [1.165, 1.54) is 0 Å². The van der Waals surface area contributed by atoms with Crippen LogP contribution in [-0.2, 0) is 13.0 Å². The van der Waals surface area contributed by atoms with Crippen molar-refractivity contribution >= 4 is 15.9 Å². The van der Waals surface area contributed by atoms with Crippen LogP contribution in [0.25, 0.3) is 0 Å². The first-order valence-corrected chi connectivity index (χ1v) is 6.47. The molecule has 18 heavy (non-hydrogen) atoms. The molecule has 0 atom stereocenters. The number of hydrogen-bond donors (Lipinski definition) is 0. The zero-order chi connectivity index (χ0) is 13.0. The molecule has 0 aliphatic heterocycles. The molecule has 96 valence electrons. The Bertz CT molecular complexity index is 514. The fraction of sp³-hybridized carbons (Fsp3) is 0.417. The van der Waals surface area contributed by atoms with Crippen molar-refractivity contribution in [1.82, 2.24) is 15.1 Å². The van der Waals surface area contributed by atoms with Crippen LogP contribution < -0.4 is 4.74 Å². The summed E-state index contributed by atoms with van der Waals surface area (Å²) in [6.07, 6.45) is 4.14. The number of rotatable bonds is 5. The molecule has 0 saturated carbocycles. The second-order valence-electron chi connectivity index (χ2n) is 4.33. The standard InChI is InChI=1S/C12H14BrN3O2/c1-8(2)3-11-15-12(18-16-11)7-17-10-4-9(13)5-14-6-10/h4-6,8H,3,7H2,1-2H3. The molecular weight excluding hydrogens is 298 g/mol. The molecule has 0 spiro atoms. The van der Waals surface area contributed by atoms with Crippen molar-refractivity contribution in [1.29, 1.82) is 0 Å². The first kappa shape index (κ1) is 13.0. The number of ether oxygens (including phenoxy) is 1. The molecule has 0 amide bonds. The van der Waals surface area contributed by atoms with Gasteiger partial charge in [0.05, 0.1) is 6.20 Å². The molecule has 0 aliphatic carbocycles. The summed E-state index contributed by atoms with van der Waals surface area (Å²) in [4.78, 5) is 8.26. The Kier molecular flexibility index (Phi) is 4.30. The van der Waals surface area contributed by atoms with Gasteiger partial charge in [-0.2, -0.15) is 4.98 Å². The van der Waals surface area contributed by atoms with E-state index in [9.17, 15) is 0 Å². The van der Waals surface area contributed by atoms with Crippen LogP contribution in [0, 0.1) is 5.92 Å². The summed E-state index contributed by atoms with van der Waals surface area (Å²) < 4.78 is 11.5. The van der Waals surface area contributed by atoms with E-state index in [0.717, 1.165) is 16.7 Å². The van der Waals surface area contributed by atoms with Crippen LogP contribution in [-0.4, -0.2) is 15.1 Å². The van der Waals surface area contributed by atoms with Crippen LogP contribution in [0.1, 0.15) is 25.6 Å². The predicted molar refractivity (Wildman–Crippen MR) is 69.1 cm³/mol. The second kappa shape index (κ2) is 5.95. The Hall–Kier alpha value is -1.43. The van der Waals surface area contributed by atoms with E-state index in [0.29, 0.717) is 17.6 Å². The van der Waals surface area contributed by atoms with Crippen molar-refractivity contribution in [2.75, 3.05) is 0 Å². The highest BCUT2D eigenvalue weighted by atomic mass is 79.9. The Morgan fingerprint density at radius 3 is 2.94 bits per heavy atom. The first-order valence-electron chi connectivity index (χ1n) is 5.68. The largest absolute Gasteiger partial charge is 0.482 e. The Balaban J connectivity index is 1.92. The van der Waals surface area contributed by atoms with Gasteiger partial charge in [0.25, 0.3) is 5.89 Å². The van der Waals surface area contributed by atoms with Gasteiger partial charge in [-0.25, -0.2) is 0 Å². The van der Waals surface area contributed by atoms with Gasteiger partial charge in [0.1, 0.15) is 5.75 Å². The lowest BCUT2D eigenvalue weighted by Gasteiger charge is -2.02. The molecule has 0 unspecified atom stereocenters. The van der Waals surface area contributed by atoms with Crippen molar-refractivity contribution in [2.45, 2.75) is 26.9 Å². The summed E-state index contributed by atoms with van der Waals surface area (Å²) >= 11 is 3.33. The average Bonchev–Trinajstić information content (AvgIpc) is 2.73. The number of nitrogens with zero attached hydrogens (tertiary/aromatic N) is 3. The summed E-state index contributed by atoms with van der Waals surface area (Å²) in [5.74, 6) is 2.36. The maximum Gasteiger partial charge on any atom is 0.264 e. The van der Waals surface area contributed by atoms with Gasteiger partial charge in [-0.15, -0.1) is 0 Å². The van der Waals surface area contributed by atoms with Gasteiger partial charge >= 0.3 is 0 Å². The van der Waals surface area contributed by atoms with E-state index in [1.807, 2.05) is 6.07 Å². The topological polar surface area (TPSA) is 61.0 Å². The third-order valence-electron chi connectivity index (χ3n) is 2.14. The fourth-order valence-corrected chi connectivity index (χ4v) is 1.76. The maximum atomic E-state index is 5.50. The number of hydrogen-bond acceptors (Lipinski definition) is 5. The predicted octanol–water partition coefficient (Wildman–Crippen LogP) is 3.00. The van der Waals surface area contributed by atoms with E-state index < -0.39 is 0 Å². The summed E-state index contributed by atoms with van der Waals surface area (Å²) in [6.45, 7) is 4.47. The van der Waals surface area contributed by atoms with Crippen LogP contribution in [0.2, 0.25) is 0 Å². The van der Waals surface area contributed by atoms with Gasteiger partial charge in [-0.05, 0) is 27.9 Å². The molecule has 2 aromatic heterocycles. The highest BCUT2D eigenvalue weighted by Crippen LogP contribution is 2.17. The molecule has 0 N–H and O–H groups in total. The summed E-state index contributed by atoms with van der Waals surface area (Å²) in [7, 11) is 0. The van der Waals surface area contributed by atoms with E-state index in [1.54, 1.807) is 12.4 Å². The summed E-state index contributed by atoms with van der Waals surface area (Å²) in [5.41, 5.74) is 0. The van der Waals surface area contributed by atoms with E-state index in [2.05, 4.69) is 44.9 Å². The van der Waals surface area contributed by atoms with Gasteiger partial charge < -0.3 is 9.26 Å². The van der Waals surface area contributed by atoms with Gasteiger partial charge in [0.2, 0.25) is 0 Å². The number of aromatic nitrogens is 3. The lowest BCUT2D eigenvalue weighted by Crippen LogP contribution is -1.98. The Morgan fingerprint density at radius 2 is 2.22 bits per heavy atom. The molecule has 5 nitrogen and oxygen atoms in total. The van der Waals surface area contributed by atoms with Crippen LogP contribution in [0.5, 0.6) is 5.75 Å². The zero-order valence-electron chi connectivity index (χ0n) is 10.3. The van der Waals surface area contributed by atoms with Crippen molar-refractivity contribution < 1.29 is 9.26 Å². The number of halogens is 1. The lowest BCUT2D eigenvalue weighted by molar-refractivity contribution is 0.241. The van der Waals surface area contributed by atoms with Gasteiger partial charge in [-0.3, -0.25) is 4.98 Å². The minimum atomic E-state index is 0.253. The Labute approximate surface area is 114 Å². The molecular formula is C12H14BrN3O2. The molecule has 2 aromatic rings. The van der Waals surface area contributed by atoms with Crippen LogP contribution in [0.4, 0.5) is 0 Å².